The molecule has 18 heteroatoms. The number of carbonyl (C=O) groups is 2. The highest BCUT2D eigenvalue weighted by Crippen LogP contribution is 2.59. The van der Waals surface area contributed by atoms with Crippen LogP contribution < -0.4 is 29.1 Å². The van der Waals surface area contributed by atoms with Crippen molar-refractivity contribution in [2.45, 2.75) is 135 Å². The van der Waals surface area contributed by atoms with Crippen LogP contribution in [0, 0.1) is 53.8 Å². The van der Waals surface area contributed by atoms with Crippen molar-refractivity contribution in [3.8, 4) is 24.2 Å². The fourth-order valence-corrected chi connectivity index (χ4v) is 16.7. The van der Waals surface area contributed by atoms with Crippen LogP contribution in [0.25, 0.3) is 21.5 Å². The normalized spacial score (nSPS) is 23.1. The molecular formula is C73H82N12O6. The molecule has 6 heterocycles. The summed E-state index contributed by atoms with van der Waals surface area (Å²) in [7, 11) is 0. The van der Waals surface area contributed by atoms with Gasteiger partial charge in [0.15, 0.2) is 0 Å². The number of fused-ring (bicyclic) bond motifs is 5. The Balaban J connectivity index is 0.645. The minimum atomic E-state index is -0.289. The molecule has 2 aromatic heterocycles. The van der Waals surface area contributed by atoms with Crippen molar-refractivity contribution < 1.29 is 28.5 Å². The first kappa shape index (κ1) is 60.0. The minimum absolute atomic E-state index is 0.0759. The summed E-state index contributed by atoms with van der Waals surface area (Å²) in [5.41, 5.74) is 11.3. The number of ether oxygens (including phenoxy) is 4. The summed E-state index contributed by atoms with van der Waals surface area (Å²) >= 11 is 0. The smallest absolute Gasteiger partial charge is 0.318 e. The number of carbonyl (C=O) groups excluding carboxylic acids is 2. The lowest BCUT2D eigenvalue weighted by atomic mass is 9.88. The number of aromatic nitrogens is 4. The highest BCUT2D eigenvalue weighted by molar-refractivity contribution is 6.00. The van der Waals surface area contributed by atoms with Crippen LogP contribution in [-0.2, 0) is 45.0 Å². The van der Waals surface area contributed by atoms with Crippen molar-refractivity contribution in [3.63, 3.8) is 0 Å². The van der Waals surface area contributed by atoms with Gasteiger partial charge in [-0.25, -0.2) is 0 Å². The molecule has 6 aromatic rings. The van der Waals surface area contributed by atoms with Crippen molar-refractivity contribution >= 4 is 56.4 Å². The number of anilines is 4. The summed E-state index contributed by atoms with van der Waals surface area (Å²) in [6.07, 6.45) is 17.2. The maximum Gasteiger partial charge on any atom is 0.318 e. The highest BCUT2D eigenvalue weighted by atomic mass is 16.5. The van der Waals surface area contributed by atoms with Gasteiger partial charge in [-0.1, -0.05) is 74.2 Å². The maximum absolute atomic E-state index is 12.9. The van der Waals surface area contributed by atoms with Crippen molar-refractivity contribution in [3.05, 3.63) is 143 Å². The first-order valence-corrected chi connectivity index (χ1v) is 33.1. The Bertz CT molecular complexity index is 3930. The Morgan fingerprint density at radius 3 is 2.02 bits per heavy atom. The van der Waals surface area contributed by atoms with Crippen LogP contribution in [0.3, 0.4) is 0 Å². The van der Waals surface area contributed by atoms with Gasteiger partial charge >= 0.3 is 12.0 Å². The standard InChI is InChI=1S/C73H82N12O6/c1-5-65(86)84-33-31-82(43-53(84)20-27-74)69-58-22-29-80(62-16-9-14-49-13-7-11-47(3)67(49)62)45-60(58)76-71(78-69)90-37-35-88-55-41-50-39-52(40-51(50)42-55)56-18-19-63(68-48(4)12-8-15-57(56)68)81-30-23-59-61(46-81)77-72(91-38-36-89-64-17-10-24-73(64)25-26-73)79-70(59)83-32-34-85(66(87)6-2)54(44-83)21-28-75/h5-9,11-16,18-19,43,50-52,54-55,64H,1-2,10,17,20-26,29-42,44-46H2,3-4H3/t50?,51?,52?,54-,55?,64?/m0/s1. The maximum atomic E-state index is 12.9. The summed E-state index contributed by atoms with van der Waals surface area (Å²) in [5.74, 6) is 2.79. The monoisotopic (exact) mass is 1220 g/mol. The van der Waals surface area contributed by atoms with E-state index in [0.29, 0.717) is 126 Å². The van der Waals surface area contributed by atoms with Gasteiger partial charge in [-0.05, 0) is 153 Å². The number of aryl methyl sites for hydroxylation is 2. The van der Waals surface area contributed by atoms with Gasteiger partial charge in [0.25, 0.3) is 0 Å². The molecule has 2 amide bonds. The van der Waals surface area contributed by atoms with Crippen LogP contribution in [0.5, 0.6) is 12.0 Å². The zero-order valence-electron chi connectivity index (χ0n) is 52.7. The van der Waals surface area contributed by atoms with E-state index in [9.17, 15) is 20.1 Å². The largest absolute Gasteiger partial charge is 0.461 e. The summed E-state index contributed by atoms with van der Waals surface area (Å²) in [6.45, 7) is 18.6. The van der Waals surface area contributed by atoms with Crippen LogP contribution in [-0.4, -0.2) is 132 Å². The molecule has 4 aliphatic heterocycles. The fraction of sp³-hybridized carbons (Fsp3) is 0.479. The third-order valence-corrected chi connectivity index (χ3v) is 21.3. The Hall–Kier alpha value is -8.58. The van der Waals surface area contributed by atoms with Crippen LogP contribution >= 0.6 is 0 Å². The molecule has 14 rings (SSSR count). The quantitative estimate of drug-likeness (QED) is 0.0549. The molecule has 4 aromatic carbocycles. The molecule has 5 fully saturated rings. The van der Waals surface area contributed by atoms with E-state index in [1.165, 1.54) is 87.4 Å². The molecule has 1 saturated heterocycles. The Morgan fingerprint density at radius 1 is 0.670 bits per heavy atom. The van der Waals surface area contributed by atoms with E-state index in [2.05, 4.69) is 125 Å². The van der Waals surface area contributed by atoms with E-state index in [1.807, 2.05) is 6.20 Å². The molecule has 8 aliphatic rings. The van der Waals surface area contributed by atoms with Crippen molar-refractivity contribution in [1.29, 1.82) is 10.5 Å². The molecule has 91 heavy (non-hydrogen) atoms. The van der Waals surface area contributed by atoms with E-state index in [1.54, 1.807) is 9.80 Å². The van der Waals surface area contributed by atoms with Gasteiger partial charge in [0.2, 0.25) is 11.8 Å². The average Bonchev–Trinajstić information content (AvgIpc) is 1.77. The minimum Gasteiger partial charge on any atom is -0.461 e. The average molecular weight is 1220 g/mol. The molecule has 4 saturated carbocycles. The predicted octanol–water partition coefficient (Wildman–Crippen LogP) is 11.1. The van der Waals surface area contributed by atoms with Crippen LogP contribution in [0.15, 0.2) is 104 Å². The molecule has 4 atom stereocenters. The van der Waals surface area contributed by atoms with Gasteiger partial charge < -0.3 is 48.3 Å². The summed E-state index contributed by atoms with van der Waals surface area (Å²) in [5, 5.41) is 24.7. The summed E-state index contributed by atoms with van der Waals surface area (Å²) in [6, 6.07) is 29.4. The van der Waals surface area contributed by atoms with E-state index >= 15 is 0 Å². The van der Waals surface area contributed by atoms with Gasteiger partial charge in [-0.3, -0.25) is 9.59 Å². The number of rotatable bonds is 19. The number of allylic oxidation sites excluding steroid dienone is 1. The van der Waals surface area contributed by atoms with Gasteiger partial charge in [-0.15, -0.1) is 0 Å². The molecule has 0 N–H and O–H groups in total. The Morgan fingerprint density at radius 2 is 1.33 bits per heavy atom. The second-order valence-electron chi connectivity index (χ2n) is 26.5. The number of amides is 2. The third kappa shape index (κ3) is 11.8. The van der Waals surface area contributed by atoms with Crippen LogP contribution in [0.4, 0.5) is 23.0 Å². The second kappa shape index (κ2) is 25.6. The number of nitriles is 2. The number of benzene rings is 4. The van der Waals surface area contributed by atoms with Crippen molar-refractivity contribution in [2.24, 2.45) is 17.3 Å². The number of hydrogen-bond acceptors (Lipinski definition) is 16. The van der Waals surface area contributed by atoms with Gasteiger partial charge in [0.05, 0.1) is 86.6 Å². The number of piperazine rings is 1. The lowest BCUT2D eigenvalue weighted by Gasteiger charge is -2.42. The third-order valence-electron chi connectivity index (χ3n) is 21.3. The lowest BCUT2D eigenvalue weighted by Crippen LogP contribution is -2.55. The zero-order chi connectivity index (χ0) is 62.3. The molecule has 0 bridgehead atoms. The van der Waals surface area contributed by atoms with E-state index in [-0.39, 0.29) is 36.8 Å². The van der Waals surface area contributed by atoms with E-state index < -0.39 is 0 Å². The number of hydrogen-bond donors (Lipinski definition) is 0. The van der Waals surface area contributed by atoms with Gasteiger partial charge in [0, 0.05) is 85.3 Å². The van der Waals surface area contributed by atoms with Crippen LogP contribution in [0.1, 0.15) is 116 Å². The van der Waals surface area contributed by atoms with E-state index in [0.717, 1.165) is 85.8 Å². The van der Waals surface area contributed by atoms with Crippen molar-refractivity contribution in [1.82, 2.24) is 29.7 Å². The molecule has 4 aliphatic carbocycles. The first-order chi connectivity index (χ1) is 44.5. The summed E-state index contributed by atoms with van der Waals surface area (Å²) < 4.78 is 25.9. The molecular weight excluding hydrogens is 1140 g/mol. The van der Waals surface area contributed by atoms with Crippen LogP contribution in [0.2, 0.25) is 0 Å². The first-order valence-electron chi connectivity index (χ1n) is 33.1. The molecule has 0 radical (unpaired) electrons. The molecule has 1 spiro atoms. The topological polar surface area (TPSA) is 190 Å². The Labute approximate surface area is 533 Å². The fourth-order valence-electron chi connectivity index (χ4n) is 16.7. The highest BCUT2D eigenvalue weighted by Gasteiger charge is 2.52. The lowest BCUT2D eigenvalue weighted by molar-refractivity contribution is -0.128. The molecule has 470 valence electrons. The zero-order valence-corrected chi connectivity index (χ0v) is 52.7. The van der Waals surface area contributed by atoms with E-state index in [4.69, 9.17) is 38.9 Å². The molecule has 18 nitrogen and oxygen atoms in total. The molecule has 3 unspecified atom stereocenters. The predicted molar refractivity (Wildman–Crippen MR) is 351 cm³/mol. The van der Waals surface area contributed by atoms with Gasteiger partial charge in [0.1, 0.15) is 24.8 Å². The SMILES string of the molecule is C=CC(=O)N1CCN(c2nc(OCCOC3CC4CC(c5ccc(N6CCc7c(nc(OCCOC8CCCC89CC9)nc7N7CCN(C(=O)C=C)[C@@H](CC#N)C7)C6)c6c(C)cccc56)CC4C3)nc3c2CCN(c2cccc4cccc(C)c24)C3)C=C1CC#N. The van der Waals surface area contributed by atoms with Crippen molar-refractivity contribution in [2.75, 3.05) is 91.8 Å². The number of nitrogens with zero attached hydrogens (tertiary/aromatic N) is 12. The summed E-state index contributed by atoms with van der Waals surface area (Å²) in [4.78, 5) is 58.8. The second-order valence-corrected chi connectivity index (χ2v) is 26.5. The Kier molecular flexibility index (Phi) is 16.9. The van der Waals surface area contributed by atoms with Gasteiger partial charge in [-0.2, -0.15) is 30.5 Å².